The van der Waals surface area contributed by atoms with Crippen molar-refractivity contribution in [2.24, 2.45) is 0 Å². The van der Waals surface area contributed by atoms with Crippen LogP contribution in [-0.2, 0) is 6.42 Å². The lowest BCUT2D eigenvalue weighted by Crippen LogP contribution is -2.27. The van der Waals surface area contributed by atoms with E-state index in [1.165, 1.54) is 10.9 Å². The van der Waals surface area contributed by atoms with Crippen LogP contribution < -0.4 is 10.6 Å². The Morgan fingerprint density at radius 2 is 1.80 bits per heavy atom. The van der Waals surface area contributed by atoms with Crippen LogP contribution in [0.25, 0.3) is 22.3 Å². The minimum absolute atomic E-state index is 0.200. The van der Waals surface area contributed by atoms with Gasteiger partial charge in [-0.2, -0.15) is 0 Å². The third-order valence-electron chi connectivity index (χ3n) is 4.90. The number of carbonyl (C=O) groups is 1. The molecule has 4 rings (SSSR count). The van der Waals surface area contributed by atoms with Crippen molar-refractivity contribution in [2.75, 3.05) is 18.4 Å². The van der Waals surface area contributed by atoms with Crippen molar-refractivity contribution < 1.29 is 4.79 Å². The molecule has 0 aliphatic heterocycles. The van der Waals surface area contributed by atoms with Crippen molar-refractivity contribution in [3.05, 3.63) is 78.1 Å². The fourth-order valence-electron chi connectivity index (χ4n) is 3.36. The van der Waals surface area contributed by atoms with Gasteiger partial charge in [-0.15, -0.1) is 0 Å². The molecule has 152 valence electrons. The molecular weight excluding hydrogens is 374 g/mol. The maximum Gasteiger partial charge on any atom is 0.270 e. The van der Waals surface area contributed by atoms with Gasteiger partial charge in [0, 0.05) is 41.8 Å². The Balaban J connectivity index is 1.49. The summed E-state index contributed by atoms with van der Waals surface area (Å²) in [6.45, 7) is 3.40. The highest BCUT2D eigenvalue weighted by molar-refractivity contribution is 5.93. The summed E-state index contributed by atoms with van der Waals surface area (Å²) >= 11 is 0. The molecule has 2 heterocycles. The molecule has 0 radical (unpaired) electrons. The number of carbonyl (C=O) groups excluding carboxylic acids is 1. The van der Waals surface area contributed by atoms with Crippen LogP contribution in [-0.4, -0.2) is 33.9 Å². The van der Waals surface area contributed by atoms with E-state index < -0.39 is 0 Å². The molecule has 3 N–H and O–H groups in total. The number of aromatic nitrogens is 3. The van der Waals surface area contributed by atoms with Gasteiger partial charge in [-0.05, 0) is 24.5 Å². The van der Waals surface area contributed by atoms with E-state index in [1.54, 1.807) is 6.07 Å². The number of amides is 1. The van der Waals surface area contributed by atoms with Crippen LogP contribution in [0, 0.1) is 0 Å². The number of hydrogen-bond donors (Lipinski definition) is 3. The van der Waals surface area contributed by atoms with Crippen LogP contribution in [0.5, 0.6) is 0 Å². The Morgan fingerprint density at radius 1 is 1.00 bits per heavy atom. The lowest BCUT2D eigenvalue weighted by Gasteiger charge is -2.10. The standard InChI is InChI=1S/C24H25N5O/c1-2-13-25-22-15-21(28-23(29-22)17-8-4-3-5-9-17)24(30)26-14-12-18-16-27-20-11-7-6-10-19(18)20/h3-11,15-16,27H,2,12-14H2,1H3,(H,26,30)(H,25,28,29). The largest absolute Gasteiger partial charge is 0.370 e. The molecule has 0 saturated carbocycles. The second-order valence-corrected chi connectivity index (χ2v) is 7.12. The van der Waals surface area contributed by atoms with Crippen LogP contribution >= 0.6 is 0 Å². The lowest BCUT2D eigenvalue weighted by atomic mass is 10.1. The van der Waals surface area contributed by atoms with Crippen LogP contribution in [0.15, 0.2) is 66.9 Å². The summed E-state index contributed by atoms with van der Waals surface area (Å²) < 4.78 is 0. The quantitative estimate of drug-likeness (QED) is 0.410. The number of nitrogens with one attached hydrogen (secondary N) is 3. The minimum Gasteiger partial charge on any atom is -0.370 e. The van der Waals surface area contributed by atoms with Crippen LogP contribution in [0.1, 0.15) is 29.4 Å². The molecule has 2 aromatic heterocycles. The van der Waals surface area contributed by atoms with Gasteiger partial charge in [0.2, 0.25) is 0 Å². The molecule has 0 fully saturated rings. The summed E-state index contributed by atoms with van der Waals surface area (Å²) in [6.07, 6.45) is 3.71. The zero-order valence-corrected chi connectivity index (χ0v) is 17.0. The first-order chi connectivity index (χ1) is 14.7. The number of para-hydroxylation sites is 1. The predicted molar refractivity (Wildman–Crippen MR) is 121 cm³/mol. The monoisotopic (exact) mass is 399 g/mol. The molecule has 0 saturated heterocycles. The number of aromatic amines is 1. The second-order valence-electron chi connectivity index (χ2n) is 7.12. The topological polar surface area (TPSA) is 82.7 Å². The first-order valence-electron chi connectivity index (χ1n) is 10.3. The molecule has 0 bridgehead atoms. The van der Waals surface area contributed by atoms with Gasteiger partial charge in [-0.25, -0.2) is 9.97 Å². The molecule has 6 heteroatoms. The van der Waals surface area contributed by atoms with E-state index in [4.69, 9.17) is 0 Å². The van der Waals surface area contributed by atoms with Gasteiger partial charge in [0.25, 0.3) is 5.91 Å². The lowest BCUT2D eigenvalue weighted by molar-refractivity contribution is 0.0949. The molecule has 6 nitrogen and oxygen atoms in total. The molecule has 0 aliphatic carbocycles. The summed E-state index contributed by atoms with van der Waals surface area (Å²) in [5, 5.41) is 7.44. The predicted octanol–water partition coefficient (Wildman–Crippen LogP) is 4.42. The van der Waals surface area contributed by atoms with E-state index in [0.29, 0.717) is 23.9 Å². The highest BCUT2D eigenvalue weighted by Crippen LogP contribution is 2.19. The van der Waals surface area contributed by atoms with Crippen molar-refractivity contribution in [3.8, 4) is 11.4 Å². The Bertz CT molecular complexity index is 1140. The number of benzene rings is 2. The number of fused-ring (bicyclic) bond motifs is 1. The van der Waals surface area contributed by atoms with E-state index in [0.717, 1.165) is 30.5 Å². The number of hydrogen-bond acceptors (Lipinski definition) is 4. The van der Waals surface area contributed by atoms with Crippen molar-refractivity contribution >= 4 is 22.6 Å². The normalized spacial score (nSPS) is 10.8. The molecule has 0 unspecified atom stereocenters. The fourth-order valence-corrected chi connectivity index (χ4v) is 3.36. The van der Waals surface area contributed by atoms with Crippen molar-refractivity contribution in [2.45, 2.75) is 19.8 Å². The second kappa shape index (κ2) is 9.22. The van der Waals surface area contributed by atoms with E-state index in [1.807, 2.05) is 54.7 Å². The van der Waals surface area contributed by atoms with E-state index in [2.05, 4.69) is 38.6 Å². The van der Waals surface area contributed by atoms with Crippen molar-refractivity contribution in [1.82, 2.24) is 20.3 Å². The number of rotatable bonds is 8. The first-order valence-corrected chi connectivity index (χ1v) is 10.3. The van der Waals surface area contributed by atoms with Gasteiger partial charge in [-0.1, -0.05) is 55.5 Å². The third kappa shape index (κ3) is 4.49. The van der Waals surface area contributed by atoms with Gasteiger partial charge < -0.3 is 15.6 Å². The highest BCUT2D eigenvalue weighted by atomic mass is 16.1. The van der Waals surface area contributed by atoms with Gasteiger partial charge in [0.15, 0.2) is 5.82 Å². The molecular formula is C24H25N5O. The molecule has 2 aromatic carbocycles. The van der Waals surface area contributed by atoms with Crippen LogP contribution in [0.2, 0.25) is 0 Å². The van der Waals surface area contributed by atoms with Crippen LogP contribution in [0.3, 0.4) is 0 Å². The highest BCUT2D eigenvalue weighted by Gasteiger charge is 2.13. The summed E-state index contributed by atoms with van der Waals surface area (Å²) in [6, 6.07) is 19.6. The zero-order valence-electron chi connectivity index (χ0n) is 17.0. The molecule has 4 aromatic rings. The maximum absolute atomic E-state index is 12.8. The van der Waals surface area contributed by atoms with Gasteiger partial charge in [0.1, 0.15) is 11.5 Å². The maximum atomic E-state index is 12.8. The van der Waals surface area contributed by atoms with Gasteiger partial charge in [-0.3, -0.25) is 4.79 Å². The Morgan fingerprint density at radius 3 is 2.63 bits per heavy atom. The van der Waals surface area contributed by atoms with Crippen LogP contribution in [0.4, 0.5) is 5.82 Å². The molecule has 0 atom stereocenters. The zero-order chi connectivity index (χ0) is 20.8. The van der Waals surface area contributed by atoms with Gasteiger partial charge in [0.05, 0.1) is 0 Å². The Kier molecular flexibility index (Phi) is 6.03. The average Bonchev–Trinajstić information content (AvgIpc) is 3.21. The SMILES string of the molecule is CCCNc1cc(C(=O)NCCc2c[nH]c3ccccc23)nc(-c2ccccc2)n1. The molecule has 1 amide bonds. The number of nitrogens with zero attached hydrogens (tertiary/aromatic N) is 2. The molecule has 30 heavy (non-hydrogen) atoms. The summed E-state index contributed by atoms with van der Waals surface area (Å²) in [7, 11) is 0. The van der Waals surface area contributed by atoms with Crippen molar-refractivity contribution in [1.29, 1.82) is 0 Å². The number of H-pyrrole nitrogens is 1. The first kappa shape index (κ1) is 19.6. The summed E-state index contributed by atoms with van der Waals surface area (Å²) in [4.78, 5) is 25.2. The number of anilines is 1. The van der Waals surface area contributed by atoms with E-state index in [-0.39, 0.29) is 5.91 Å². The van der Waals surface area contributed by atoms with Gasteiger partial charge >= 0.3 is 0 Å². The Labute approximate surface area is 175 Å². The minimum atomic E-state index is -0.200. The van der Waals surface area contributed by atoms with E-state index in [9.17, 15) is 4.79 Å². The Hall–Kier alpha value is -3.67. The summed E-state index contributed by atoms with van der Waals surface area (Å²) in [5.41, 5.74) is 3.53. The molecule has 0 aliphatic rings. The summed E-state index contributed by atoms with van der Waals surface area (Å²) in [5.74, 6) is 1.000. The van der Waals surface area contributed by atoms with Crippen molar-refractivity contribution in [3.63, 3.8) is 0 Å². The smallest absolute Gasteiger partial charge is 0.270 e. The fraction of sp³-hybridized carbons (Fsp3) is 0.208. The molecule has 0 spiro atoms. The average molecular weight is 399 g/mol. The third-order valence-corrected chi connectivity index (χ3v) is 4.90. The van der Waals surface area contributed by atoms with E-state index >= 15 is 0 Å².